The SMILES string of the molecule is C[C@@H](OC(=O)c1cc(Br)ccc1O)C(=O)Nc1ccc(C#N)cc1. The molecular formula is C17H13BrN2O4. The molecule has 0 aliphatic heterocycles. The van der Waals surface area contributed by atoms with Gasteiger partial charge in [-0.25, -0.2) is 4.79 Å². The highest BCUT2D eigenvalue weighted by atomic mass is 79.9. The molecule has 1 atom stereocenters. The fourth-order valence-corrected chi connectivity index (χ4v) is 2.18. The maximum Gasteiger partial charge on any atom is 0.342 e. The summed E-state index contributed by atoms with van der Waals surface area (Å²) < 4.78 is 5.67. The van der Waals surface area contributed by atoms with Crippen molar-refractivity contribution in [3.63, 3.8) is 0 Å². The molecule has 122 valence electrons. The van der Waals surface area contributed by atoms with Gasteiger partial charge in [0.2, 0.25) is 0 Å². The van der Waals surface area contributed by atoms with Gasteiger partial charge in [-0.15, -0.1) is 0 Å². The van der Waals surface area contributed by atoms with E-state index >= 15 is 0 Å². The third kappa shape index (κ3) is 4.33. The highest BCUT2D eigenvalue weighted by Gasteiger charge is 2.21. The summed E-state index contributed by atoms with van der Waals surface area (Å²) in [7, 11) is 0. The minimum Gasteiger partial charge on any atom is -0.507 e. The van der Waals surface area contributed by atoms with Gasteiger partial charge in [0.1, 0.15) is 11.3 Å². The molecule has 0 saturated heterocycles. The lowest BCUT2D eigenvalue weighted by Crippen LogP contribution is -2.30. The minimum atomic E-state index is -1.06. The quantitative estimate of drug-likeness (QED) is 0.783. The molecule has 0 unspecified atom stereocenters. The van der Waals surface area contributed by atoms with Crippen molar-refractivity contribution in [1.29, 1.82) is 5.26 Å². The Balaban J connectivity index is 2.01. The number of nitriles is 1. The Morgan fingerprint density at radius 2 is 1.92 bits per heavy atom. The second-order valence-corrected chi connectivity index (χ2v) is 5.80. The van der Waals surface area contributed by atoms with Crippen LogP contribution >= 0.6 is 15.9 Å². The topological polar surface area (TPSA) is 99.4 Å². The van der Waals surface area contributed by atoms with Gasteiger partial charge >= 0.3 is 5.97 Å². The summed E-state index contributed by atoms with van der Waals surface area (Å²) in [5.74, 6) is -1.57. The van der Waals surface area contributed by atoms with Crippen LogP contribution in [0.2, 0.25) is 0 Å². The number of ether oxygens (including phenoxy) is 1. The summed E-state index contributed by atoms with van der Waals surface area (Å²) in [6.07, 6.45) is -1.06. The first kappa shape index (κ1) is 17.5. The molecule has 7 heteroatoms. The van der Waals surface area contributed by atoms with Crippen molar-refractivity contribution >= 4 is 33.5 Å². The van der Waals surface area contributed by atoms with Gasteiger partial charge in [-0.05, 0) is 49.4 Å². The van der Waals surface area contributed by atoms with Gasteiger partial charge in [-0.3, -0.25) is 4.79 Å². The van der Waals surface area contributed by atoms with Gasteiger partial charge < -0.3 is 15.2 Å². The molecule has 0 fully saturated rings. The average Bonchev–Trinajstić information content (AvgIpc) is 2.57. The summed E-state index contributed by atoms with van der Waals surface area (Å²) in [5.41, 5.74) is 0.909. The molecule has 24 heavy (non-hydrogen) atoms. The molecule has 0 spiro atoms. The van der Waals surface area contributed by atoms with Crippen LogP contribution in [0, 0.1) is 11.3 Å². The monoisotopic (exact) mass is 388 g/mol. The van der Waals surface area contributed by atoms with Gasteiger partial charge in [0.15, 0.2) is 6.10 Å². The Kier molecular flexibility index (Phi) is 5.55. The number of phenols is 1. The van der Waals surface area contributed by atoms with E-state index in [0.717, 1.165) is 0 Å². The predicted octanol–water partition coefficient (Wildman–Crippen LogP) is 3.21. The van der Waals surface area contributed by atoms with Crippen molar-refractivity contribution in [2.75, 3.05) is 5.32 Å². The third-order valence-electron chi connectivity index (χ3n) is 3.11. The largest absolute Gasteiger partial charge is 0.507 e. The lowest BCUT2D eigenvalue weighted by molar-refractivity contribution is -0.123. The van der Waals surface area contributed by atoms with Gasteiger partial charge in [0, 0.05) is 10.2 Å². The van der Waals surface area contributed by atoms with Crippen LogP contribution in [0.5, 0.6) is 5.75 Å². The number of carbonyl (C=O) groups is 2. The zero-order valence-electron chi connectivity index (χ0n) is 12.6. The van der Waals surface area contributed by atoms with Gasteiger partial charge in [-0.1, -0.05) is 15.9 Å². The number of anilines is 1. The number of carbonyl (C=O) groups excluding carboxylic acids is 2. The van der Waals surface area contributed by atoms with Crippen LogP contribution < -0.4 is 5.32 Å². The molecule has 2 N–H and O–H groups in total. The van der Waals surface area contributed by atoms with E-state index in [1.807, 2.05) is 6.07 Å². The van der Waals surface area contributed by atoms with Crippen molar-refractivity contribution in [2.45, 2.75) is 13.0 Å². The van der Waals surface area contributed by atoms with E-state index in [9.17, 15) is 14.7 Å². The van der Waals surface area contributed by atoms with Crippen LogP contribution in [0.15, 0.2) is 46.9 Å². The van der Waals surface area contributed by atoms with Crippen LogP contribution in [0.25, 0.3) is 0 Å². The number of hydrogen-bond donors (Lipinski definition) is 2. The van der Waals surface area contributed by atoms with Gasteiger partial charge in [-0.2, -0.15) is 5.26 Å². The number of nitrogens with zero attached hydrogens (tertiary/aromatic N) is 1. The van der Waals surface area contributed by atoms with Crippen LogP contribution in [-0.2, 0) is 9.53 Å². The zero-order chi connectivity index (χ0) is 17.7. The van der Waals surface area contributed by atoms with E-state index in [0.29, 0.717) is 15.7 Å². The van der Waals surface area contributed by atoms with E-state index in [2.05, 4.69) is 21.2 Å². The molecule has 0 saturated carbocycles. The van der Waals surface area contributed by atoms with E-state index in [-0.39, 0.29) is 11.3 Å². The smallest absolute Gasteiger partial charge is 0.342 e. The fourth-order valence-electron chi connectivity index (χ4n) is 1.82. The summed E-state index contributed by atoms with van der Waals surface area (Å²) in [5, 5.41) is 21.0. The maximum atomic E-state index is 12.1. The van der Waals surface area contributed by atoms with Crippen molar-refractivity contribution in [2.24, 2.45) is 0 Å². The van der Waals surface area contributed by atoms with Crippen molar-refractivity contribution < 1.29 is 19.4 Å². The first-order valence-electron chi connectivity index (χ1n) is 6.91. The second-order valence-electron chi connectivity index (χ2n) is 4.89. The number of hydrogen-bond acceptors (Lipinski definition) is 5. The number of benzene rings is 2. The Bertz CT molecular complexity index is 812. The molecule has 0 aliphatic rings. The summed E-state index contributed by atoms with van der Waals surface area (Å²) in [6, 6.07) is 12.6. The Labute approximate surface area is 146 Å². The van der Waals surface area contributed by atoms with Crippen molar-refractivity contribution in [1.82, 2.24) is 0 Å². The summed E-state index contributed by atoms with van der Waals surface area (Å²) in [6.45, 7) is 1.42. The number of phenolic OH excluding ortho intramolecular Hbond substituents is 1. The number of aromatic hydroxyl groups is 1. The molecular weight excluding hydrogens is 376 g/mol. The Morgan fingerprint density at radius 3 is 2.54 bits per heavy atom. The number of nitrogens with one attached hydrogen (secondary N) is 1. The molecule has 6 nitrogen and oxygen atoms in total. The second kappa shape index (κ2) is 7.62. The lowest BCUT2D eigenvalue weighted by Gasteiger charge is -2.14. The standard InChI is InChI=1S/C17H13BrN2O4/c1-10(16(22)20-13-5-2-11(9-19)3-6-13)24-17(23)14-8-12(18)4-7-15(14)21/h2-8,10,21H,1H3,(H,20,22)/t10-/m1/s1. The number of amides is 1. The van der Waals surface area contributed by atoms with E-state index in [1.54, 1.807) is 30.3 Å². The number of halogens is 1. The first-order valence-corrected chi connectivity index (χ1v) is 7.70. The van der Waals surface area contributed by atoms with Crippen molar-refractivity contribution in [3.8, 4) is 11.8 Å². The molecule has 0 heterocycles. The minimum absolute atomic E-state index is 0.0394. The van der Waals surface area contributed by atoms with E-state index in [4.69, 9.17) is 10.00 Å². The highest BCUT2D eigenvalue weighted by molar-refractivity contribution is 9.10. The molecule has 0 aromatic heterocycles. The van der Waals surface area contributed by atoms with E-state index < -0.39 is 18.0 Å². The Hall–Kier alpha value is -2.85. The molecule has 2 aromatic rings. The average molecular weight is 389 g/mol. The maximum absolute atomic E-state index is 12.1. The Morgan fingerprint density at radius 1 is 1.25 bits per heavy atom. The molecule has 2 aromatic carbocycles. The first-order chi connectivity index (χ1) is 11.4. The molecule has 0 bridgehead atoms. The molecule has 1 amide bonds. The predicted molar refractivity (Wildman–Crippen MR) is 90.5 cm³/mol. The lowest BCUT2D eigenvalue weighted by atomic mass is 10.2. The summed E-state index contributed by atoms with van der Waals surface area (Å²) in [4.78, 5) is 24.1. The fraction of sp³-hybridized carbons (Fsp3) is 0.118. The molecule has 0 radical (unpaired) electrons. The highest BCUT2D eigenvalue weighted by Crippen LogP contribution is 2.23. The van der Waals surface area contributed by atoms with Crippen LogP contribution in [0.3, 0.4) is 0 Å². The number of rotatable bonds is 4. The van der Waals surface area contributed by atoms with Gasteiger partial charge in [0.25, 0.3) is 5.91 Å². The van der Waals surface area contributed by atoms with Gasteiger partial charge in [0.05, 0.1) is 11.6 Å². The molecule has 0 aliphatic carbocycles. The third-order valence-corrected chi connectivity index (χ3v) is 3.61. The zero-order valence-corrected chi connectivity index (χ0v) is 14.2. The normalized spacial score (nSPS) is 11.2. The van der Waals surface area contributed by atoms with Crippen molar-refractivity contribution in [3.05, 3.63) is 58.1 Å². The van der Waals surface area contributed by atoms with Crippen LogP contribution in [0.1, 0.15) is 22.8 Å². The van der Waals surface area contributed by atoms with Crippen LogP contribution in [-0.4, -0.2) is 23.1 Å². The van der Waals surface area contributed by atoms with E-state index in [1.165, 1.54) is 19.1 Å². The van der Waals surface area contributed by atoms with Crippen LogP contribution in [0.4, 0.5) is 5.69 Å². The summed E-state index contributed by atoms with van der Waals surface area (Å²) >= 11 is 3.19. The molecule has 2 rings (SSSR count). The number of esters is 1.